The second kappa shape index (κ2) is 14.3. The van der Waals surface area contributed by atoms with Gasteiger partial charge in [0.25, 0.3) is 0 Å². The largest absolute Gasteiger partial charge is 0.444 e. The van der Waals surface area contributed by atoms with E-state index in [0.29, 0.717) is 13.1 Å². The van der Waals surface area contributed by atoms with Crippen molar-refractivity contribution >= 4 is 36.0 Å². The van der Waals surface area contributed by atoms with Gasteiger partial charge in [-0.2, -0.15) is 0 Å². The number of carbonyl (C=O) groups is 1. The molecule has 8 heteroatoms. The van der Waals surface area contributed by atoms with Crippen LogP contribution in [0.2, 0.25) is 0 Å². The van der Waals surface area contributed by atoms with Crippen LogP contribution in [0.25, 0.3) is 0 Å². The smallest absolute Gasteiger partial charge is 0.407 e. The van der Waals surface area contributed by atoms with Crippen LogP contribution in [-0.2, 0) is 4.74 Å². The number of rotatable bonds is 8. The van der Waals surface area contributed by atoms with E-state index in [-0.39, 0.29) is 30.1 Å². The van der Waals surface area contributed by atoms with Crippen LogP contribution in [0.15, 0.2) is 4.99 Å². The molecule has 0 saturated carbocycles. The molecule has 1 heterocycles. The van der Waals surface area contributed by atoms with E-state index < -0.39 is 5.60 Å². The second-order valence-corrected chi connectivity index (χ2v) is 7.99. The van der Waals surface area contributed by atoms with Crippen molar-refractivity contribution in [3.05, 3.63) is 0 Å². The average Bonchev–Trinajstić information content (AvgIpc) is 2.54. The third-order valence-electron chi connectivity index (χ3n) is 4.21. The minimum atomic E-state index is -0.462. The van der Waals surface area contributed by atoms with Gasteiger partial charge in [-0.3, -0.25) is 4.99 Å². The molecule has 0 aromatic heterocycles. The summed E-state index contributed by atoms with van der Waals surface area (Å²) in [5.41, 5.74) is -0.462. The highest BCUT2D eigenvalue weighted by atomic mass is 127. The Labute approximate surface area is 182 Å². The number of nitrogens with zero attached hydrogens (tertiary/aromatic N) is 2. The van der Waals surface area contributed by atoms with Crippen molar-refractivity contribution in [2.75, 3.05) is 45.8 Å². The second-order valence-electron chi connectivity index (χ2n) is 7.99. The van der Waals surface area contributed by atoms with Crippen molar-refractivity contribution in [1.82, 2.24) is 20.9 Å². The quantitative estimate of drug-likeness (QED) is 0.208. The molecule has 1 saturated heterocycles. The topological polar surface area (TPSA) is 78.0 Å². The van der Waals surface area contributed by atoms with Crippen molar-refractivity contribution in [3.8, 4) is 0 Å². The van der Waals surface area contributed by atoms with Gasteiger partial charge in [0, 0.05) is 32.7 Å². The van der Waals surface area contributed by atoms with Gasteiger partial charge in [0.1, 0.15) is 5.60 Å². The Bertz CT molecular complexity index is 432. The first-order chi connectivity index (χ1) is 12.3. The van der Waals surface area contributed by atoms with Crippen LogP contribution in [-0.4, -0.2) is 68.4 Å². The Morgan fingerprint density at radius 1 is 1.15 bits per heavy atom. The van der Waals surface area contributed by atoms with Crippen LogP contribution in [0.1, 0.15) is 53.9 Å². The number of carbonyl (C=O) groups excluding carboxylic acids is 1. The highest BCUT2D eigenvalue weighted by Crippen LogP contribution is 2.15. The van der Waals surface area contributed by atoms with Gasteiger partial charge in [0.05, 0.1) is 0 Å². The number of hydrogen-bond acceptors (Lipinski definition) is 4. The number of alkyl carbamates (subject to hydrolysis) is 1. The fourth-order valence-corrected chi connectivity index (χ4v) is 2.73. The number of ether oxygens (including phenoxy) is 1. The van der Waals surface area contributed by atoms with E-state index in [4.69, 9.17) is 4.74 Å². The van der Waals surface area contributed by atoms with Gasteiger partial charge in [-0.1, -0.05) is 6.92 Å². The monoisotopic (exact) mass is 497 g/mol. The van der Waals surface area contributed by atoms with E-state index in [0.717, 1.165) is 37.9 Å². The van der Waals surface area contributed by atoms with Crippen LogP contribution in [0.5, 0.6) is 0 Å². The zero-order chi connectivity index (χ0) is 19.4. The summed E-state index contributed by atoms with van der Waals surface area (Å²) in [5, 5.41) is 9.42. The fraction of sp³-hybridized carbons (Fsp3) is 0.895. The molecule has 0 spiro atoms. The SMILES string of the molecule is CCNC(=NCCCNC(=O)OC(C)(C)C)NCCN1CCC(C)CC1.I. The standard InChI is InChI=1S/C19H39N5O2.HI/c1-6-20-17(22-12-15-24-13-8-16(2)9-14-24)21-10-7-11-23-18(25)26-19(3,4)5;/h16H,6-15H2,1-5H3,(H,23,25)(H2,20,21,22);1H. The lowest BCUT2D eigenvalue weighted by molar-refractivity contribution is 0.0527. The highest BCUT2D eigenvalue weighted by Gasteiger charge is 2.16. The maximum absolute atomic E-state index is 11.6. The van der Waals surface area contributed by atoms with Crippen molar-refractivity contribution in [2.45, 2.75) is 59.5 Å². The zero-order valence-electron chi connectivity index (χ0n) is 17.8. The molecular formula is C19H40IN5O2. The van der Waals surface area contributed by atoms with Crippen LogP contribution >= 0.6 is 24.0 Å². The minimum Gasteiger partial charge on any atom is -0.444 e. The van der Waals surface area contributed by atoms with Crippen molar-refractivity contribution in [2.24, 2.45) is 10.9 Å². The first-order valence-corrected chi connectivity index (χ1v) is 10.0. The molecule has 0 bridgehead atoms. The summed E-state index contributed by atoms with van der Waals surface area (Å²) in [6.45, 7) is 16.4. The Morgan fingerprint density at radius 2 is 1.81 bits per heavy atom. The van der Waals surface area contributed by atoms with Gasteiger partial charge < -0.3 is 25.6 Å². The van der Waals surface area contributed by atoms with Crippen molar-refractivity contribution in [1.29, 1.82) is 0 Å². The Kier molecular flexibility index (Phi) is 13.9. The number of aliphatic imine (C=N–C) groups is 1. The number of amides is 1. The maximum Gasteiger partial charge on any atom is 0.407 e. The van der Waals surface area contributed by atoms with E-state index in [1.165, 1.54) is 25.9 Å². The van der Waals surface area contributed by atoms with E-state index in [1.807, 2.05) is 20.8 Å². The molecular weight excluding hydrogens is 457 g/mol. The lowest BCUT2D eigenvalue weighted by Gasteiger charge is -2.30. The first kappa shape index (κ1) is 26.2. The predicted octanol–water partition coefficient (Wildman–Crippen LogP) is 2.81. The normalized spacial score (nSPS) is 16.4. The molecule has 0 unspecified atom stereocenters. The maximum atomic E-state index is 11.6. The van der Waals surface area contributed by atoms with E-state index in [1.54, 1.807) is 0 Å². The highest BCUT2D eigenvalue weighted by molar-refractivity contribution is 14.0. The molecule has 27 heavy (non-hydrogen) atoms. The Morgan fingerprint density at radius 3 is 2.41 bits per heavy atom. The molecule has 3 N–H and O–H groups in total. The lowest BCUT2D eigenvalue weighted by atomic mass is 9.99. The predicted molar refractivity (Wildman–Crippen MR) is 123 cm³/mol. The molecule has 0 aromatic rings. The molecule has 0 atom stereocenters. The molecule has 1 aliphatic rings. The van der Waals surface area contributed by atoms with Gasteiger partial charge in [0.2, 0.25) is 0 Å². The number of halogens is 1. The van der Waals surface area contributed by atoms with E-state index >= 15 is 0 Å². The van der Waals surface area contributed by atoms with Gasteiger partial charge in [-0.25, -0.2) is 4.79 Å². The summed E-state index contributed by atoms with van der Waals surface area (Å²) in [6.07, 6.45) is 3.01. The summed E-state index contributed by atoms with van der Waals surface area (Å²) < 4.78 is 5.21. The van der Waals surface area contributed by atoms with Crippen LogP contribution in [0, 0.1) is 5.92 Å². The number of guanidine groups is 1. The van der Waals surface area contributed by atoms with Crippen molar-refractivity contribution in [3.63, 3.8) is 0 Å². The Balaban J connectivity index is 0.00000676. The van der Waals surface area contributed by atoms with Gasteiger partial charge in [0.15, 0.2) is 5.96 Å². The minimum absolute atomic E-state index is 0. The Hall–Kier alpha value is -0.770. The molecule has 0 aliphatic carbocycles. The van der Waals surface area contributed by atoms with Crippen LogP contribution < -0.4 is 16.0 Å². The lowest BCUT2D eigenvalue weighted by Crippen LogP contribution is -2.43. The third kappa shape index (κ3) is 14.0. The van der Waals surface area contributed by atoms with Crippen molar-refractivity contribution < 1.29 is 9.53 Å². The van der Waals surface area contributed by atoms with E-state index in [2.05, 4.69) is 39.7 Å². The first-order valence-electron chi connectivity index (χ1n) is 10.0. The number of piperidine rings is 1. The van der Waals surface area contributed by atoms with Crippen LogP contribution in [0.3, 0.4) is 0 Å². The third-order valence-corrected chi connectivity index (χ3v) is 4.21. The van der Waals surface area contributed by atoms with E-state index in [9.17, 15) is 4.79 Å². The molecule has 1 aliphatic heterocycles. The molecule has 1 rings (SSSR count). The summed E-state index contributed by atoms with van der Waals surface area (Å²) in [7, 11) is 0. The molecule has 0 aromatic carbocycles. The van der Waals surface area contributed by atoms with Gasteiger partial charge in [-0.15, -0.1) is 24.0 Å². The molecule has 160 valence electrons. The number of likely N-dealkylation sites (tertiary alicyclic amines) is 1. The average molecular weight is 497 g/mol. The zero-order valence-corrected chi connectivity index (χ0v) is 20.1. The van der Waals surface area contributed by atoms with Crippen LogP contribution in [0.4, 0.5) is 4.79 Å². The molecule has 7 nitrogen and oxygen atoms in total. The summed E-state index contributed by atoms with van der Waals surface area (Å²) in [4.78, 5) is 18.7. The number of hydrogen-bond donors (Lipinski definition) is 3. The molecule has 1 amide bonds. The fourth-order valence-electron chi connectivity index (χ4n) is 2.73. The summed E-state index contributed by atoms with van der Waals surface area (Å²) in [6, 6.07) is 0. The molecule has 1 fully saturated rings. The molecule has 0 radical (unpaired) electrons. The summed E-state index contributed by atoms with van der Waals surface area (Å²) in [5.74, 6) is 1.71. The van der Waals surface area contributed by atoms with Gasteiger partial charge >= 0.3 is 6.09 Å². The summed E-state index contributed by atoms with van der Waals surface area (Å²) >= 11 is 0. The number of nitrogens with one attached hydrogen (secondary N) is 3. The van der Waals surface area contributed by atoms with Gasteiger partial charge in [-0.05, 0) is 66.0 Å².